The monoisotopic (exact) mass is 1110 g/mol. The van der Waals surface area contributed by atoms with Gasteiger partial charge in [-0.15, -0.1) is 0 Å². The molecule has 8 aliphatic carbocycles. The Kier molecular flexibility index (Phi) is 19.9. The molecule has 10 fully saturated rings. The van der Waals surface area contributed by atoms with Crippen molar-refractivity contribution in [2.75, 3.05) is 20.3 Å². The van der Waals surface area contributed by atoms with Gasteiger partial charge in [0.2, 0.25) is 0 Å². The molecule has 17 nitrogen and oxygen atoms in total. The van der Waals surface area contributed by atoms with Crippen LogP contribution < -0.4 is 0 Å². The van der Waals surface area contributed by atoms with Gasteiger partial charge >= 0.3 is 47.8 Å². The summed E-state index contributed by atoms with van der Waals surface area (Å²) in [5, 5.41) is 10.6. The van der Waals surface area contributed by atoms with E-state index in [1.165, 1.54) is 58.5 Å². The van der Waals surface area contributed by atoms with Crippen molar-refractivity contribution in [3.63, 3.8) is 0 Å². The van der Waals surface area contributed by atoms with E-state index in [0.717, 1.165) is 51.4 Å². The van der Waals surface area contributed by atoms with E-state index in [0.29, 0.717) is 42.9 Å². The number of cyclic esters (lactones) is 1. The molecule has 0 radical (unpaired) electrons. The number of carbonyl (C=O) groups excluding carboxylic acids is 8. The van der Waals surface area contributed by atoms with Crippen LogP contribution in [-0.4, -0.2) is 108 Å². The van der Waals surface area contributed by atoms with Gasteiger partial charge in [0.25, 0.3) is 0 Å². The van der Waals surface area contributed by atoms with Gasteiger partial charge in [0, 0.05) is 23.7 Å². The van der Waals surface area contributed by atoms with Gasteiger partial charge in [-0.3, -0.25) is 33.6 Å². The molecule has 2 heterocycles. The molecule has 0 aromatic rings. The molecule has 0 aromatic carbocycles. The third kappa shape index (κ3) is 13.8. The van der Waals surface area contributed by atoms with E-state index in [9.17, 15) is 43.5 Å². The maximum Gasteiger partial charge on any atom is 0.344 e. The number of rotatable bonds is 16. The lowest BCUT2D eigenvalue weighted by molar-refractivity contribution is -0.225. The molecule has 17 heteroatoms. The van der Waals surface area contributed by atoms with E-state index < -0.39 is 76.4 Å². The maximum absolute atomic E-state index is 12.6. The lowest BCUT2D eigenvalue weighted by atomic mass is 9.52. The quantitative estimate of drug-likeness (QED) is 0.112. The molecule has 2 aliphatic heterocycles. The highest BCUT2D eigenvalue weighted by Gasteiger charge is 2.70. The van der Waals surface area contributed by atoms with Crippen LogP contribution in [0.3, 0.4) is 0 Å². The molecule has 0 aromatic heterocycles. The van der Waals surface area contributed by atoms with Gasteiger partial charge in [-0.1, -0.05) is 53.9 Å². The summed E-state index contributed by atoms with van der Waals surface area (Å²) in [6.07, 6.45) is 18.7. The molecule has 1 spiro atoms. The fourth-order valence-electron chi connectivity index (χ4n) is 14.4. The molecule has 10 aliphatic rings. The summed E-state index contributed by atoms with van der Waals surface area (Å²) < 4.78 is 42.7. The largest absolute Gasteiger partial charge is 0.469 e. The molecular weight excluding hydrogens is 1020 g/mol. The number of hydrogen-bond donors (Lipinski definition) is 1. The Labute approximate surface area is 470 Å². The van der Waals surface area contributed by atoms with Crippen molar-refractivity contribution < 1.29 is 81.4 Å². The predicted molar refractivity (Wildman–Crippen MR) is 290 cm³/mol. The zero-order chi connectivity index (χ0) is 58.7. The number of methoxy groups -OCH3 is 1. The van der Waals surface area contributed by atoms with Crippen LogP contribution in [0.1, 0.15) is 225 Å². The van der Waals surface area contributed by atoms with E-state index in [-0.39, 0.29) is 71.5 Å². The highest BCUT2D eigenvalue weighted by atomic mass is 16.6. The molecular formula is C62H98O17. The minimum Gasteiger partial charge on any atom is -0.469 e. The number of aliphatic hydroxyl groups is 1. The van der Waals surface area contributed by atoms with Crippen LogP contribution >= 0.6 is 0 Å². The van der Waals surface area contributed by atoms with E-state index in [4.69, 9.17) is 37.9 Å². The number of hydrogen-bond acceptors (Lipinski definition) is 17. The highest BCUT2D eigenvalue weighted by Crippen LogP contribution is 2.61. The van der Waals surface area contributed by atoms with Crippen molar-refractivity contribution in [3.05, 3.63) is 0 Å². The first-order valence-electron chi connectivity index (χ1n) is 30.0. The first-order valence-corrected chi connectivity index (χ1v) is 30.0. The zero-order valence-electron chi connectivity index (χ0n) is 50.4. The molecule has 1 N–H and O–H groups in total. The van der Waals surface area contributed by atoms with Gasteiger partial charge in [0.1, 0.15) is 36.1 Å². The van der Waals surface area contributed by atoms with Crippen LogP contribution in [-0.2, 0) is 76.3 Å². The third-order valence-electron chi connectivity index (χ3n) is 20.6. The van der Waals surface area contributed by atoms with E-state index in [2.05, 4.69) is 13.8 Å². The fourth-order valence-corrected chi connectivity index (χ4v) is 14.4. The first kappa shape index (κ1) is 63.9. The second kappa shape index (κ2) is 24.7. The molecule has 448 valence electrons. The Bertz CT molecular complexity index is 2220. The summed E-state index contributed by atoms with van der Waals surface area (Å²) in [5.41, 5.74) is -2.72. The van der Waals surface area contributed by atoms with Crippen LogP contribution in [0.25, 0.3) is 0 Å². The Hall–Kier alpha value is -4.28. The van der Waals surface area contributed by atoms with E-state index in [1.807, 2.05) is 62.3 Å². The normalized spacial score (nSPS) is 33.4. The smallest absolute Gasteiger partial charge is 0.344 e. The third-order valence-corrected chi connectivity index (χ3v) is 20.6. The van der Waals surface area contributed by atoms with Crippen molar-refractivity contribution in [1.82, 2.24) is 0 Å². The standard InChI is InChI=1S/C18H24O8.C18H32O2.C16H26O3.C10H16O4/c1-5-18(2,3)17(22)24-7-10(19)25-13-8-6-9-12(11(8)15(20)23-4)16(21)26-14(9)13;1-5-16(3,4)15(19)20-18(6-2)14-10-9-13-17(18)11-7-8-12-17;1-4-14(2,3)13(17)19-16-8-11-5-12(9-16)7-15(18,6-11)10-16;1-4-10(2,3)9(12)14-7-5-8(11)13-6-7/h8-9,11-14H,5-7H2,1-4H3;5-14H2,1-4H3;11-12,18H,4-10H2,1-3H3;7H,4-6H2,1-3H3. The predicted octanol–water partition coefficient (Wildman–Crippen LogP) is 10.4. The number of carbonyl (C=O) groups is 8. The fraction of sp³-hybridized carbons (Fsp3) is 0.871. The van der Waals surface area contributed by atoms with Gasteiger partial charge in [0.05, 0.1) is 52.6 Å². The molecule has 10 unspecified atom stereocenters. The Morgan fingerprint density at radius 1 is 0.646 bits per heavy atom. The van der Waals surface area contributed by atoms with Crippen LogP contribution in [0.4, 0.5) is 0 Å². The Morgan fingerprint density at radius 2 is 1.16 bits per heavy atom. The lowest BCUT2D eigenvalue weighted by Gasteiger charge is -2.59. The SMILES string of the molecule is CCC(C)(C)C(=O)OC1(CC)CCCCC12CCCC2.CCC(C)(C)C(=O)OC12CC3CC(CC(O)(C3)C1)C2.CCC(C)(C)C(=O)OC1COC(=O)C1.CCC(C)(C)C(=O)OCC(=O)OC1C2CC3C1OC(=O)C3C2C(=O)OC. The Balaban J connectivity index is 0.000000174. The topological polar surface area (TPSA) is 231 Å². The summed E-state index contributed by atoms with van der Waals surface area (Å²) >= 11 is 0. The molecule has 10 rings (SSSR count). The molecule has 10 atom stereocenters. The minimum absolute atomic E-state index is 0.0232. The van der Waals surface area contributed by atoms with Crippen molar-refractivity contribution in [3.8, 4) is 0 Å². The second-order valence-corrected chi connectivity index (χ2v) is 27.6. The second-order valence-electron chi connectivity index (χ2n) is 27.6. The van der Waals surface area contributed by atoms with Crippen molar-refractivity contribution in [2.45, 2.75) is 260 Å². The van der Waals surface area contributed by atoms with Crippen molar-refractivity contribution >= 4 is 47.8 Å². The van der Waals surface area contributed by atoms with Crippen LogP contribution in [0.5, 0.6) is 0 Å². The summed E-state index contributed by atoms with van der Waals surface area (Å²) in [4.78, 5) is 95.6. The number of fused-ring (bicyclic) bond motifs is 1. The average molecular weight is 1120 g/mol. The summed E-state index contributed by atoms with van der Waals surface area (Å²) in [5.74, 6) is -3.26. The van der Waals surface area contributed by atoms with Gasteiger partial charge < -0.3 is 43.0 Å². The molecule has 6 bridgehead atoms. The zero-order valence-corrected chi connectivity index (χ0v) is 50.4. The summed E-state index contributed by atoms with van der Waals surface area (Å²) in [7, 11) is 1.27. The van der Waals surface area contributed by atoms with Gasteiger partial charge in [-0.05, 0) is 170 Å². The molecule has 0 amide bonds. The molecule has 8 saturated carbocycles. The number of ether oxygens (including phenoxy) is 8. The van der Waals surface area contributed by atoms with E-state index >= 15 is 0 Å². The van der Waals surface area contributed by atoms with Crippen LogP contribution in [0.15, 0.2) is 0 Å². The first-order chi connectivity index (χ1) is 36.8. The van der Waals surface area contributed by atoms with Gasteiger partial charge in [0.15, 0.2) is 6.61 Å². The minimum atomic E-state index is -0.717. The highest BCUT2D eigenvalue weighted by molar-refractivity contribution is 5.86. The molecule has 79 heavy (non-hydrogen) atoms. The van der Waals surface area contributed by atoms with Gasteiger partial charge in [-0.2, -0.15) is 0 Å². The van der Waals surface area contributed by atoms with Crippen molar-refractivity contribution in [2.24, 2.45) is 62.6 Å². The lowest BCUT2D eigenvalue weighted by Crippen LogP contribution is -2.61. The molecule has 2 saturated heterocycles. The summed E-state index contributed by atoms with van der Waals surface area (Å²) in [6, 6.07) is 0. The van der Waals surface area contributed by atoms with Gasteiger partial charge in [-0.25, -0.2) is 4.79 Å². The number of esters is 8. The van der Waals surface area contributed by atoms with Crippen LogP contribution in [0, 0.1) is 62.6 Å². The Morgan fingerprint density at radius 3 is 1.66 bits per heavy atom. The maximum atomic E-state index is 12.6. The van der Waals surface area contributed by atoms with Crippen molar-refractivity contribution in [1.29, 1.82) is 0 Å². The average Bonchev–Trinajstić information content (AvgIpc) is 4.46. The summed E-state index contributed by atoms with van der Waals surface area (Å²) in [6.45, 7) is 24.8. The van der Waals surface area contributed by atoms with Crippen LogP contribution in [0.2, 0.25) is 0 Å². The van der Waals surface area contributed by atoms with E-state index in [1.54, 1.807) is 13.8 Å².